The topological polar surface area (TPSA) is 43.1 Å². The molecule has 204 valence electrons. The first-order valence-electron chi connectivity index (χ1n) is 6.96. The second-order valence-electron chi connectivity index (χ2n) is 6.03. The second kappa shape index (κ2) is 7.50. The van der Waals surface area contributed by atoms with E-state index in [-0.39, 0.29) is 0 Å². The van der Waals surface area contributed by atoms with Gasteiger partial charge in [-0.3, -0.25) is 4.79 Å². The molecule has 0 aromatic heterocycles. The van der Waals surface area contributed by atoms with Crippen molar-refractivity contribution >= 4 is 5.91 Å². The summed E-state index contributed by atoms with van der Waals surface area (Å²) in [6, 6.07) is 0. The summed E-state index contributed by atoms with van der Waals surface area (Å²) in [5.41, 5.74) is 3.41. The molecule has 0 saturated carbocycles. The molecule has 0 aliphatic carbocycles. The van der Waals surface area contributed by atoms with Crippen molar-refractivity contribution in [3.05, 3.63) is 0 Å². The van der Waals surface area contributed by atoms with Gasteiger partial charge in [-0.2, -0.15) is 92.2 Å². The van der Waals surface area contributed by atoms with Gasteiger partial charge in [-0.25, -0.2) is 0 Å². The van der Waals surface area contributed by atoms with E-state index in [9.17, 15) is 97.0 Å². The molecule has 0 aromatic carbocycles. The van der Waals surface area contributed by atoms with Gasteiger partial charge in [0.05, 0.1) is 0 Å². The Morgan fingerprint density at radius 3 is 0.706 bits per heavy atom. The zero-order chi connectivity index (χ0) is 28.6. The number of amides is 1. The van der Waals surface area contributed by atoms with Crippen LogP contribution in [0.5, 0.6) is 0 Å². The smallest absolute Gasteiger partial charge is 0.364 e. The molecule has 34 heavy (non-hydrogen) atoms. The van der Waals surface area contributed by atoms with Crippen LogP contribution in [0.1, 0.15) is 0 Å². The summed E-state index contributed by atoms with van der Waals surface area (Å²) in [6.07, 6.45) is -8.03. The van der Waals surface area contributed by atoms with E-state index in [1.807, 2.05) is 0 Å². The maximum atomic E-state index is 13.3. The Kier molecular flexibility index (Phi) is 7.06. The van der Waals surface area contributed by atoms with E-state index in [1.165, 1.54) is 0 Å². The van der Waals surface area contributed by atoms with Crippen molar-refractivity contribution in [3.63, 3.8) is 0 Å². The van der Waals surface area contributed by atoms with Gasteiger partial charge in [0.15, 0.2) is 0 Å². The molecule has 23 heteroatoms. The highest BCUT2D eigenvalue weighted by molar-refractivity contribution is 5.83. The highest BCUT2D eigenvalue weighted by Crippen LogP contribution is 2.66. The quantitative estimate of drug-likeness (QED) is 0.357. The van der Waals surface area contributed by atoms with E-state index in [4.69, 9.17) is 0 Å². The van der Waals surface area contributed by atoms with Crippen LogP contribution >= 0.6 is 0 Å². The molecule has 0 heterocycles. The first-order valence-corrected chi connectivity index (χ1v) is 6.96. The van der Waals surface area contributed by atoms with Crippen LogP contribution in [0.25, 0.3) is 0 Å². The Labute approximate surface area is 169 Å². The molecule has 0 atom stereocenters. The lowest BCUT2D eigenvalue weighted by Crippen LogP contribution is -2.77. The largest absolute Gasteiger partial charge is 0.460 e. The van der Waals surface area contributed by atoms with Gasteiger partial charge in [0.2, 0.25) is 0 Å². The van der Waals surface area contributed by atoms with Crippen LogP contribution in [0.3, 0.4) is 0 Å². The standard InChI is InChI=1S/C11H2F21NO/c12-2(13,1(33)34)3(14,15)4(16,17)5(18,19)6(20,21)7(22,23)8(24,25)9(26,27)10(28,29)11(30,31)32/h(H2,33,34). The van der Waals surface area contributed by atoms with Gasteiger partial charge < -0.3 is 5.73 Å². The fourth-order valence-corrected chi connectivity index (χ4v) is 1.71. The van der Waals surface area contributed by atoms with Gasteiger partial charge in [0.25, 0.3) is 5.91 Å². The number of rotatable bonds is 9. The zero-order valence-corrected chi connectivity index (χ0v) is 14.4. The van der Waals surface area contributed by atoms with Crippen molar-refractivity contribution in [1.29, 1.82) is 0 Å². The predicted molar refractivity (Wildman–Crippen MR) is 59.8 cm³/mol. The second-order valence-corrected chi connectivity index (χ2v) is 6.03. The molecule has 0 spiro atoms. The predicted octanol–water partition coefficient (Wildman–Crippen LogP) is 5.75. The number of primary amides is 1. The lowest BCUT2D eigenvalue weighted by Gasteiger charge is -2.44. The third kappa shape index (κ3) is 3.49. The first-order chi connectivity index (χ1) is 14.2. The number of carbonyl (C=O) groups is 1. The lowest BCUT2D eigenvalue weighted by molar-refractivity contribution is -0.472. The molecule has 0 saturated heterocycles. The molecule has 0 radical (unpaired) electrons. The van der Waals surface area contributed by atoms with E-state index in [1.54, 1.807) is 0 Å². The molecule has 0 bridgehead atoms. The van der Waals surface area contributed by atoms with Crippen molar-refractivity contribution in [1.82, 2.24) is 0 Å². The van der Waals surface area contributed by atoms with Crippen LogP contribution < -0.4 is 5.73 Å². The Balaban J connectivity index is 7.11. The van der Waals surface area contributed by atoms with Crippen LogP contribution in [0.15, 0.2) is 0 Å². The van der Waals surface area contributed by atoms with Crippen LogP contribution in [-0.2, 0) is 4.79 Å². The average molecular weight is 563 g/mol. The number of hydrogen-bond donors (Lipinski definition) is 1. The zero-order valence-electron chi connectivity index (χ0n) is 14.4. The molecule has 0 unspecified atom stereocenters. The molecule has 0 aliphatic heterocycles. The van der Waals surface area contributed by atoms with Gasteiger partial charge in [0, 0.05) is 0 Å². The van der Waals surface area contributed by atoms with Gasteiger partial charge in [0.1, 0.15) is 0 Å². The van der Waals surface area contributed by atoms with Crippen molar-refractivity contribution in [2.24, 2.45) is 5.73 Å². The number of halogens is 21. The van der Waals surface area contributed by atoms with Crippen molar-refractivity contribution < 1.29 is 97.0 Å². The summed E-state index contributed by atoms with van der Waals surface area (Å²) in [5, 5.41) is 0. The van der Waals surface area contributed by atoms with Crippen LogP contribution in [0, 0.1) is 0 Å². The summed E-state index contributed by atoms with van der Waals surface area (Å²) >= 11 is 0. The van der Waals surface area contributed by atoms with Crippen LogP contribution in [-0.4, -0.2) is 65.4 Å². The third-order valence-corrected chi connectivity index (χ3v) is 3.82. The SMILES string of the molecule is NC(=O)C(F)(F)C(F)(F)C(F)(F)C(F)(F)C(F)(F)C(F)(F)C(F)(F)C(F)(F)C(F)(F)C(F)(F)F. The minimum atomic E-state index is -9.25. The summed E-state index contributed by atoms with van der Waals surface area (Å²) in [7, 11) is 0. The van der Waals surface area contributed by atoms with E-state index in [0.717, 1.165) is 0 Å². The normalized spacial score (nSPS) is 16.6. The van der Waals surface area contributed by atoms with E-state index < -0.39 is 65.4 Å². The maximum Gasteiger partial charge on any atom is 0.460 e. The highest BCUT2D eigenvalue weighted by atomic mass is 19.4. The third-order valence-electron chi connectivity index (χ3n) is 3.82. The molecular weight excluding hydrogens is 561 g/mol. The molecule has 0 aliphatic rings. The Bertz CT molecular complexity index is 791. The van der Waals surface area contributed by atoms with Crippen molar-refractivity contribution in [2.75, 3.05) is 0 Å². The Morgan fingerprint density at radius 1 is 0.353 bits per heavy atom. The van der Waals surface area contributed by atoms with E-state index >= 15 is 0 Å². The number of nitrogens with two attached hydrogens (primary N) is 1. The maximum absolute atomic E-state index is 13.3. The number of carbonyl (C=O) groups excluding carboxylic acids is 1. The molecule has 0 aromatic rings. The number of alkyl halides is 21. The van der Waals surface area contributed by atoms with E-state index in [2.05, 4.69) is 5.73 Å². The Morgan fingerprint density at radius 2 is 0.529 bits per heavy atom. The summed E-state index contributed by atoms with van der Waals surface area (Å²) in [4.78, 5) is 10.1. The van der Waals surface area contributed by atoms with Crippen LogP contribution in [0.2, 0.25) is 0 Å². The molecular formula is C11H2F21NO. The fourth-order valence-electron chi connectivity index (χ4n) is 1.71. The van der Waals surface area contributed by atoms with Gasteiger partial charge in [-0.15, -0.1) is 0 Å². The van der Waals surface area contributed by atoms with Crippen molar-refractivity contribution in [2.45, 2.75) is 59.5 Å². The number of hydrogen-bond acceptors (Lipinski definition) is 1. The molecule has 2 N–H and O–H groups in total. The van der Waals surface area contributed by atoms with Crippen LogP contribution in [0.4, 0.5) is 92.2 Å². The van der Waals surface area contributed by atoms with E-state index in [0.29, 0.717) is 0 Å². The summed E-state index contributed by atoms with van der Waals surface area (Å²) in [6.45, 7) is 0. The minimum Gasteiger partial charge on any atom is -0.364 e. The van der Waals surface area contributed by atoms with Gasteiger partial charge in [-0.1, -0.05) is 0 Å². The first kappa shape index (κ1) is 32.0. The lowest BCUT2D eigenvalue weighted by atomic mass is 9.86. The molecule has 2 nitrogen and oxygen atoms in total. The monoisotopic (exact) mass is 563 g/mol. The molecule has 0 rings (SSSR count). The highest BCUT2D eigenvalue weighted by Gasteiger charge is 2.98. The Hall–Kier alpha value is -2.00. The minimum absolute atomic E-state index is 3.41. The van der Waals surface area contributed by atoms with Gasteiger partial charge in [-0.05, 0) is 0 Å². The van der Waals surface area contributed by atoms with Crippen molar-refractivity contribution in [3.8, 4) is 0 Å². The molecule has 0 fully saturated rings. The van der Waals surface area contributed by atoms with Gasteiger partial charge >= 0.3 is 59.5 Å². The summed E-state index contributed by atoms with van der Waals surface area (Å²) < 4.78 is 270. The molecule has 1 amide bonds. The summed E-state index contributed by atoms with van der Waals surface area (Å²) in [5.74, 6) is -82.7. The average Bonchev–Trinajstić information content (AvgIpc) is 2.58. The fraction of sp³-hybridized carbons (Fsp3) is 0.909.